The van der Waals surface area contributed by atoms with Crippen molar-refractivity contribution in [1.29, 1.82) is 0 Å². The zero-order valence-corrected chi connectivity index (χ0v) is 16.9. The van der Waals surface area contributed by atoms with Gasteiger partial charge < -0.3 is 10.1 Å². The number of carbonyl (C=O) groups is 1. The lowest BCUT2D eigenvalue weighted by atomic mass is 9.72. The SMILES string of the molecule is CC(CN1CCOCC1)NC(=O)c1cc2c(s1)CCC(C(C)(C)C)C2. The molecule has 3 rings (SSSR count). The maximum absolute atomic E-state index is 12.6. The van der Waals surface area contributed by atoms with Gasteiger partial charge in [0.1, 0.15) is 0 Å². The first-order valence-corrected chi connectivity index (χ1v) is 10.4. The highest BCUT2D eigenvalue weighted by Gasteiger charge is 2.30. The van der Waals surface area contributed by atoms with Crippen LogP contribution in [0.2, 0.25) is 0 Å². The number of amides is 1. The Labute approximate surface area is 155 Å². The van der Waals surface area contributed by atoms with Gasteiger partial charge in [-0.15, -0.1) is 11.3 Å². The molecule has 4 nitrogen and oxygen atoms in total. The zero-order valence-electron chi connectivity index (χ0n) is 16.1. The fraction of sp³-hybridized carbons (Fsp3) is 0.750. The molecule has 2 unspecified atom stereocenters. The van der Waals surface area contributed by atoms with E-state index in [9.17, 15) is 4.79 Å². The monoisotopic (exact) mass is 364 g/mol. The van der Waals surface area contributed by atoms with Crippen LogP contribution in [-0.2, 0) is 17.6 Å². The molecule has 0 spiro atoms. The molecule has 1 aromatic rings. The Kier molecular flexibility index (Phi) is 5.86. The summed E-state index contributed by atoms with van der Waals surface area (Å²) in [7, 11) is 0. The number of morpholine rings is 1. The quantitative estimate of drug-likeness (QED) is 0.891. The molecule has 2 atom stereocenters. The number of hydrogen-bond donors (Lipinski definition) is 1. The van der Waals surface area contributed by atoms with E-state index in [0.717, 1.165) is 50.6 Å². The molecule has 5 heteroatoms. The molecule has 0 bridgehead atoms. The molecule has 1 N–H and O–H groups in total. The number of rotatable bonds is 4. The molecule has 140 valence electrons. The van der Waals surface area contributed by atoms with E-state index in [2.05, 4.69) is 44.0 Å². The van der Waals surface area contributed by atoms with Crippen LogP contribution in [0.3, 0.4) is 0 Å². The van der Waals surface area contributed by atoms with Crippen LogP contribution >= 0.6 is 11.3 Å². The summed E-state index contributed by atoms with van der Waals surface area (Å²) in [5, 5.41) is 3.18. The van der Waals surface area contributed by atoms with Crippen LogP contribution in [0.4, 0.5) is 0 Å². The number of aryl methyl sites for hydroxylation is 1. The second-order valence-corrected chi connectivity index (χ2v) is 9.79. The fourth-order valence-electron chi connectivity index (χ4n) is 3.89. The van der Waals surface area contributed by atoms with Crippen LogP contribution in [0.15, 0.2) is 6.07 Å². The van der Waals surface area contributed by atoms with E-state index < -0.39 is 0 Å². The Bertz CT molecular complexity index is 599. The molecule has 1 fully saturated rings. The minimum Gasteiger partial charge on any atom is -0.379 e. The fourth-order valence-corrected chi connectivity index (χ4v) is 5.00. The Morgan fingerprint density at radius 1 is 1.40 bits per heavy atom. The molecule has 25 heavy (non-hydrogen) atoms. The molecule has 1 aromatic heterocycles. The number of hydrogen-bond acceptors (Lipinski definition) is 4. The Balaban J connectivity index is 1.57. The Hall–Kier alpha value is -0.910. The minimum absolute atomic E-state index is 0.0902. The van der Waals surface area contributed by atoms with Crippen LogP contribution in [0.1, 0.15) is 54.2 Å². The topological polar surface area (TPSA) is 41.6 Å². The molecule has 2 heterocycles. The zero-order chi connectivity index (χ0) is 18.0. The first-order chi connectivity index (χ1) is 11.8. The highest BCUT2D eigenvalue weighted by molar-refractivity contribution is 7.14. The average Bonchev–Trinajstić information content (AvgIpc) is 2.98. The third kappa shape index (κ3) is 4.83. The van der Waals surface area contributed by atoms with E-state index in [1.54, 1.807) is 11.3 Å². The number of ether oxygens (including phenoxy) is 1. The maximum atomic E-state index is 12.6. The van der Waals surface area contributed by atoms with Gasteiger partial charge in [-0.1, -0.05) is 20.8 Å². The second kappa shape index (κ2) is 7.77. The number of carbonyl (C=O) groups excluding carboxylic acids is 1. The van der Waals surface area contributed by atoms with Gasteiger partial charge in [-0.05, 0) is 49.1 Å². The molecule has 2 aliphatic rings. The molecule has 0 radical (unpaired) electrons. The molecule has 1 aliphatic carbocycles. The number of thiophene rings is 1. The predicted octanol–water partition coefficient (Wildman–Crippen LogP) is 3.35. The summed E-state index contributed by atoms with van der Waals surface area (Å²) in [5.74, 6) is 0.804. The summed E-state index contributed by atoms with van der Waals surface area (Å²) in [6, 6.07) is 2.31. The van der Waals surface area contributed by atoms with Gasteiger partial charge in [-0.3, -0.25) is 9.69 Å². The van der Waals surface area contributed by atoms with Gasteiger partial charge in [-0.2, -0.15) is 0 Å². The van der Waals surface area contributed by atoms with Crippen LogP contribution in [0.25, 0.3) is 0 Å². The summed E-state index contributed by atoms with van der Waals surface area (Å²) < 4.78 is 5.38. The number of fused-ring (bicyclic) bond motifs is 1. The Morgan fingerprint density at radius 2 is 2.12 bits per heavy atom. The van der Waals surface area contributed by atoms with Crippen LogP contribution < -0.4 is 5.32 Å². The van der Waals surface area contributed by atoms with Crippen LogP contribution in [0.5, 0.6) is 0 Å². The maximum Gasteiger partial charge on any atom is 0.261 e. The van der Waals surface area contributed by atoms with Crippen molar-refractivity contribution in [3.8, 4) is 0 Å². The lowest BCUT2D eigenvalue weighted by Crippen LogP contribution is -2.45. The van der Waals surface area contributed by atoms with Gasteiger partial charge in [0.05, 0.1) is 18.1 Å². The predicted molar refractivity (Wildman–Crippen MR) is 103 cm³/mol. The third-order valence-electron chi connectivity index (χ3n) is 5.54. The van der Waals surface area contributed by atoms with Gasteiger partial charge >= 0.3 is 0 Å². The molecule has 1 aliphatic heterocycles. The second-order valence-electron chi connectivity index (χ2n) is 8.65. The smallest absolute Gasteiger partial charge is 0.261 e. The average molecular weight is 365 g/mol. The van der Waals surface area contributed by atoms with Crippen molar-refractivity contribution in [3.63, 3.8) is 0 Å². The van der Waals surface area contributed by atoms with Gasteiger partial charge in [0, 0.05) is 30.6 Å². The lowest BCUT2D eigenvalue weighted by molar-refractivity contribution is 0.0342. The first kappa shape index (κ1) is 18.9. The van der Waals surface area contributed by atoms with E-state index in [1.807, 2.05) is 0 Å². The molecule has 0 aromatic carbocycles. The van der Waals surface area contributed by atoms with E-state index in [0.29, 0.717) is 11.3 Å². The van der Waals surface area contributed by atoms with E-state index in [-0.39, 0.29) is 11.9 Å². The van der Waals surface area contributed by atoms with Crippen molar-refractivity contribution in [2.45, 2.75) is 53.0 Å². The molecular formula is C20H32N2O2S. The standard InChI is InChI=1S/C20H32N2O2S/c1-14(13-22-7-9-24-10-8-22)21-19(23)18-12-15-11-16(20(2,3)4)5-6-17(15)25-18/h12,14,16H,5-11,13H2,1-4H3,(H,21,23). The number of nitrogens with zero attached hydrogens (tertiary/aromatic N) is 1. The summed E-state index contributed by atoms with van der Waals surface area (Å²) in [4.78, 5) is 17.3. The van der Waals surface area contributed by atoms with Gasteiger partial charge in [0.15, 0.2) is 0 Å². The summed E-state index contributed by atoms with van der Waals surface area (Å²) in [5.41, 5.74) is 1.75. The van der Waals surface area contributed by atoms with E-state index >= 15 is 0 Å². The molecule has 1 saturated heterocycles. The van der Waals surface area contributed by atoms with Gasteiger partial charge in [0.25, 0.3) is 5.91 Å². The molecule has 0 saturated carbocycles. The number of nitrogens with one attached hydrogen (secondary N) is 1. The van der Waals surface area contributed by atoms with Crippen molar-refractivity contribution in [3.05, 3.63) is 21.4 Å². The van der Waals surface area contributed by atoms with Gasteiger partial charge in [-0.25, -0.2) is 0 Å². The summed E-state index contributed by atoms with van der Waals surface area (Å²) >= 11 is 1.70. The first-order valence-electron chi connectivity index (χ1n) is 9.55. The summed E-state index contributed by atoms with van der Waals surface area (Å²) in [6.07, 6.45) is 3.48. The van der Waals surface area contributed by atoms with Crippen LogP contribution in [0, 0.1) is 11.3 Å². The molecule has 1 amide bonds. The van der Waals surface area contributed by atoms with Crippen LogP contribution in [-0.4, -0.2) is 49.7 Å². The lowest BCUT2D eigenvalue weighted by Gasteiger charge is -2.33. The highest BCUT2D eigenvalue weighted by Crippen LogP contribution is 2.40. The van der Waals surface area contributed by atoms with Crippen molar-refractivity contribution >= 4 is 17.2 Å². The molecular weight excluding hydrogens is 332 g/mol. The third-order valence-corrected chi connectivity index (χ3v) is 6.78. The largest absolute Gasteiger partial charge is 0.379 e. The van der Waals surface area contributed by atoms with Gasteiger partial charge in [0.2, 0.25) is 0 Å². The Morgan fingerprint density at radius 3 is 2.80 bits per heavy atom. The highest BCUT2D eigenvalue weighted by atomic mass is 32.1. The van der Waals surface area contributed by atoms with Crippen molar-refractivity contribution in [2.24, 2.45) is 11.3 Å². The van der Waals surface area contributed by atoms with E-state index in [1.165, 1.54) is 16.9 Å². The normalized spacial score (nSPS) is 23.1. The van der Waals surface area contributed by atoms with Crippen molar-refractivity contribution in [2.75, 3.05) is 32.8 Å². The van der Waals surface area contributed by atoms with Crippen molar-refractivity contribution in [1.82, 2.24) is 10.2 Å². The van der Waals surface area contributed by atoms with Crippen molar-refractivity contribution < 1.29 is 9.53 Å². The summed E-state index contributed by atoms with van der Waals surface area (Å²) in [6.45, 7) is 13.5. The minimum atomic E-state index is 0.0902. The van der Waals surface area contributed by atoms with E-state index in [4.69, 9.17) is 4.74 Å².